The fraction of sp³-hybridized carbons (Fsp3) is 0.188. The molecule has 1 aromatic carbocycles. The molecule has 3 aromatic rings. The second-order valence-corrected chi connectivity index (χ2v) is 7.83. The van der Waals surface area contributed by atoms with Crippen LogP contribution >= 0.6 is 11.3 Å². The molecule has 0 fully saturated rings. The summed E-state index contributed by atoms with van der Waals surface area (Å²) in [6.07, 6.45) is 1.76. The minimum absolute atomic E-state index is 0.165. The zero-order valence-electron chi connectivity index (χ0n) is 13.4. The molecule has 27 heavy (non-hydrogen) atoms. The number of hydrogen-bond acceptors (Lipinski definition) is 6. The van der Waals surface area contributed by atoms with Crippen molar-refractivity contribution in [3.05, 3.63) is 53.3 Å². The smallest absolute Gasteiger partial charge is 0.459 e. The second-order valence-electron chi connectivity index (χ2n) is 5.39. The molecule has 1 N–H and O–H groups in total. The molecule has 0 spiro atoms. The number of amides is 1. The van der Waals surface area contributed by atoms with Gasteiger partial charge in [-0.3, -0.25) is 4.79 Å². The van der Waals surface area contributed by atoms with Gasteiger partial charge in [-0.25, -0.2) is 0 Å². The Hall–Kier alpha value is -2.53. The number of nitrogens with one attached hydrogen (secondary N) is 1. The summed E-state index contributed by atoms with van der Waals surface area (Å²) in [5.74, 6) is -0.655. The SMILES string of the molecule is O=C(NCCc1csc2ccc(OS(=O)(=O)C(F)(F)F)cc12)c1ccco1. The Labute approximate surface area is 155 Å². The molecule has 3 rings (SSSR count). The lowest BCUT2D eigenvalue weighted by molar-refractivity contribution is -0.0500. The summed E-state index contributed by atoms with van der Waals surface area (Å²) in [5, 5.41) is 5.00. The minimum Gasteiger partial charge on any atom is -0.459 e. The first-order chi connectivity index (χ1) is 12.7. The van der Waals surface area contributed by atoms with Crippen molar-refractivity contribution < 1.29 is 35.0 Å². The summed E-state index contributed by atoms with van der Waals surface area (Å²) in [4.78, 5) is 11.8. The van der Waals surface area contributed by atoms with E-state index in [0.29, 0.717) is 11.8 Å². The number of hydrogen-bond donors (Lipinski definition) is 1. The summed E-state index contributed by atoms with van der Waals surface area (Å²) < 4.78 is 69.5. The molecule has 2 heterocycles. The van der Waals surface area contributed by atoms with Gasteiger partial charge in [0.1, 0.15) is 5.75 Å². The van der Waals surface area contributed by atoms with Crippen molar-refractivity contribution in [2.75, 3.05) is 6.54 Å². The lowest BCUT2D eigenvalue weighted by atomic mass is 10.1. The molecule has 11 heteroatoms. The summed E-state index contributed by atoms with van der Waals surface area (Å²) in [6, 6.07) is 6.97. The molecule has 6 nitrogen and oxygen atoms in total. The van der Waals surface area contributed by atoms with Crippen LogP contribution in [0.5, 0.6) is 5.75 Å². The number of fused-ring (bicyclic) bond motifs is 1. The molecule has 1 amide bonds. The number of carbonyl (C=O) groups excluding carboxylic acids is 1. The highest BCUT2D eigenvalue weighted by atomic mass is 32.2. The molecule has 0 radical (unpaired) electrons. The molecule has 0 aliphatic heterocycles. The zero-order chi connectivity index (χ0) is 19.7. The van der Waals surface area contributed by atoms with E-state index in [-0.39, 0.29) is 18.2 Å². The largest absolute Gasteiger partial charge is 0.534 e. The van der Waals surface area contributed by atoms with Crippen molar-refractivity contribution >= 4 is 37.4 Å². The average Bonchev–Trinajstić information content (AvgIpc) is 3.23. The first-order valence-corrected chi connectivity index (χ1v) is 9.79. The van der Waals surface area contributed by atoms with E-state index in [2.05, 4.69) is 9.50 Å². The number of carbonyl (C=O) groups is 1. The van der Waals surface area contributed by atoms with E-state index in [1.165, 1.54) is 35.8 Å². The first-order valence-electron chi connectivity index (χ1n) is 7.50. The monoisotopic (exact) mass is 419 g/mol. The highest BCUT2D eigenvalue weighted by molar-refractivity contribution is 7.88. The number of halogens is 3. The van der Waals surface area contributed by atoms with Crippen LogP contribution in [0, 0.1) is 0 Å². The van der Waals surface area contributed by atoms with Crippen molar-refractivity contribution in [1.82, 2.24) is 5.32 Å². The van der Waals surface area contributed by atoms with Gasteiger partial charge in [-0.2, -0.15) is 21.6 Å². The van der Waals surface area contributed by atoms with Gasteiger partial charge < -0.3 is 13.9 Å². The summed E-state index contributed by atoms with van der Waals surface area (Å²) in [5.41, 5.74) is -4.76. The van der Waals surface area contributed by atoms with Crippen molar-refractivity contribution in [3.8, 4) is 5.75 Å². The molecule has 0 bridgehead atoms. The van der Waals surface area contributed by atoms with Crippen molar-refractivity contribution in [3.63, 3.8) is 0 Å². The molecule has 144 valence electrons. The maximum atomic E-state index is 12.5. The molecular weight excluding hydrogens is 407 g/mol. The van der Waals surface area contributed by atoms with E-state index in [0.717, 1.165) is 16.3 Å². The predicted molar refractivity (Wildman–Crippen MR) is 92.2 cm³/mol. The highest BCUT2D eigenvalue weighted by Gasteiger charge is 2.48. The van der Waals surface area contributed by atoms with E-state index < -0.39 is 21.4 Å². The van der Waals surface area contributed by atoms with E-state index >= 15 is 0 Å². The van der Waals surface area contributed by atoms with Crippen molar-refractivity contribution in [2.45, 2.75) is 11.9 Å². The molecule has 0 saturated carbocycles. The summed E-state index contributed by atoms with van der Waals surface area (Å²) in [6.45, 7) is 0.261. The Bertz CT molecular complexity index is 1060. The topological polar surface area (TPSA) is 85.6 Å². The van der Waals surface area contributed by atoms with Gasteiger partial charge in [0.25, 0.3) is 5.91 Å². The van der Waals surface area contributed by atoms with Crippen LogP contribution in [0.3, 0.4) is 0 Å². The first kappa shape index (κ1) is 19.2. The van der Waals surface area contributed by atoms with Crippen LogP contribution < -0.4 is 9.50 Å². The van der Waals surface area contributed by atoms with Crippen LogP contribution in [0.25, 0.3) is 10.1 Å². The van der Waals surface area contributed by atoms with Gasteiger partial charge in [0.05, 0.1) is 6.26 Å². The lowest BCUT2D eigenvalue weighted by Gasteiger charge is -2.09. The normalized spacial score (nSPS) is 12.3. The number of benzene rings is 1. The number of rotatable bonds is 6. The molecule has 0 aliphatic rings. The fourth-order valence-corrected chi connectivity index (χ4v) is 3.71. The Morgan fingerprint density at radius 1 is 1.26 bits per heavy atom. The van der Waals surface area contributed by atoms with Gasteiger partial charge in [-0.05, 0) is 53.1 Å². The lowest BCUT2D eigenvalue weighted by Crippen LogP contribution is -2.28. The Kier molecular flexibility index (Phi) is 5.16. The van der Waals surface area contributed by atoms with Crippen LogP contribution in [0.15, 0.2) is 46.4 Å². The predicted octanol–water partition coefficient (Wildman–Crippen LogP) is 3.70. The van der Waals surface area contributed by atoms with Gasteiger partial charge >= 0.3 is 15.6 Å². The summed E-state index contributed by atoms with van der Waals surface area (Å²) >= 11 is 1.34. The quantitative estimate of drug-likeness (QED) is 0.487. The van der Waals surface area contributed by atoms with Crippen molar-refractivity contribution in [1.29, 1.82) is 0 Å². The third kappa shape index (κ3) is 4.25. The second kappa shape index (κ2) is 7.24. The van der Waals surface area contributed by atoms with Crippen LogP contribution in [-0.4, -0.2) is 26.4 Å². The standard InChI is InChI=1S/C16H12F3NO5S2/c17-16(18,19)27(22,23)25-11-3-4-14-12(8-11)10(9-26-14)5-6-20-15(21)13-2-1-7-24-13/h1-4,7-9H,5-6H2,(H,20,21). The van der Waals surface area contributed by atoms with E-state index in [4.69, 9.17) is 4.42 Å². The van der Waals surface area contributed by atoms with Crippen LogP contribution in [0.4, 0.5) is 13.2 Å². The van der Waals surface area contributed by atoms with Gasteiger partial charge in [0, 0.05) is 11.2 Å². The molecule has 0 aliphatic carbocycles. The fourth-order valence-electron chi connectivity index (χ4n) is 2.29. The molecule has 0 unspecified atom stereocenters. The van der Waals surface area contributed by atoms with E-state index in [9.17, 15) is 26.4 Å². The highest BCUT2D eigenvalue weighted by Crippen LogP contribution is 2.32. The number of alkyl halides is 3. The van der Waals surface area contributed by atoms with E-state index in [1.54, 1.807) is 11.4 Å². The maximum absolute atomic E-state index is 12.5. The Morgan fingerprint density at radius 2 is 2.04 bits per heavy atom. The third-order valence-corrected chi connectivity index (χ3v) is 5.53. The number of furan rings is 1. The van der Waals surface area contributed by atoms with Crippen LogP contribution in [0.2, 0.25) is 0 Å². The van der Waals surface area contributed by atoms with Crippen molar-refractivity contribution in [2.24, 2.45) is 0 Å². The van der Waals surface area contributed by atoms with Crippen LogP contribution in [0.1, 0.15) is 16.1 Å². The number of thiophene rings is 1. The van der Waals surface area contributed by atoms with E-state index in [1.807, 2.05) is 0 Å². The Morgan fingerprint density at radius 3 is 2.70 bits per heavy atom. The van der Waals surface area contributed by atoms with Gasteiger partial charge in [0.2, 0.25) is 0 Å². The third-order valence-electron chi connectivity index (χ3n) is 3.54. The van der Waals surface area contributed by atoms with Crippen LogP contribution in [-0.2, 0) is 16.5 Å². The maximum Gasteiger partial charge on any atom is 0.534 e. The molecular formula is C16H12F3NO5S2. The van der Waals surface area contributed by atoms with Gasteiger partial charge in [-0.1, -0.05) is 0 Å². The average molecular weight is 419 g/mol. The van der Waals surface area contributed by atoms with Gasteiger partial charge in [-0.15, -0.1) is 11.3 Å². The molecule has 0 saturated heterocycles. The molecule has 0 atom stereocenters. The molecule has 2 aromatic heterocycles. The minimum atomic E-state index is -5.73. The summed E-state index contributed by atoms with van der Waals surface area (Å²) in [7, 11) is -5.73. The van der Waals surface area contributed by atoms with Gasteiger partial charge in [0.15, 0.2) is 5.76 Å². The Balaban J connectivity index is 1.72. The zero-order valence-corrected chi connectivity index (χ0v) is 15.1.